The Morgan fingerprint density at radius 1 is 1.86 bits per heavy atom. The van der Waals surface area contributed by atoms with Crippen LogP contribution in [0, 0.1) is 6.54 Å². The van der Waals surface area contributed by atoms with Crippen LogP contribution in [0.4, 0.5) is 0 Å². The van der Waals surface area contributed by atoms with Crippen LogP contribution in [-0.2, 0) is 4.74 Å². The number of halogens is 1. The van der Waals surface area contributed by atoms with Crippen LogP contribution in [0.5, 0.6) is 0 Å². The molecule has 1 aliphatic heterocycles. The van der Waals surface area contributed by atoms with E-state index in [0.717, 1.165) is 0 Å². The fourth-order valence-electron chi connectivity index (χ4n) is 0.455. The number of hydrogen-bond donors (Lipinski definition) is 1. The standard InChI is InChI=1S/C4H7ClNO/c5-4-3-7-2-1-6-4/h1,4,6H,2-3H2. The van der Waals surface area contributed by atoms with Crippen molar-refractivity contribution in [3.05, 3.63) is 6.54 Å². The van der Waals surface area contributed by atoms with E-state index in [9.17, 15) is 0 Å². The van der Waals surface area contributed by atoms with Crippen molar-refractivity contribution in [2.24, 2.45) is 0 Å². The highest BCUT2D eigenvalue weighted by molar-refractivity contribution is 6.20. The largest absolute Gasteiger partial charge is 0.377 e. The first-order chi connectivity index (χ1) is 3.39. The van der Waals surface area contributed by atoms with Gasteiger partial charge in [-0.15, -0.1) is 11.6 Å². The highest BCUT2D eigenvalue weighted by Crippen LogP contribution is 1.97. The van der Waals surface area contributed by atoms with Gasteiger partial charge in [0.1, 0.15) is 5.50 Å². The summed E-state index contributed by atoms with van der Waals surface area (Å²) >= 11 is 5.55. The molecule has 1 atom stereocenters. The number of alkyl halides is 1. The van der Waals surface area contributed by atoms with Gasteiger partial charge in [-0.1, -0.05) is 0 Å². The Balaban J connectivity index is 2.12. The maximum atomic E-state index is 5.55. The van der Waals surface area contributed by atoms with Gasteiger partial charge in [-0.3, -0.25) is 5.32 Å². The van der Waals surface area contributed by atoms with E-state index < -0.39 is 0 Å². The Hall–Kier alpha value is 0.210. The summed E-state index contributed by atoms with van der Waals surface area (Å²) in [4.78, 5) is 0. The number of rotatable bonds is 0. The minimum absolute atomic E-state index is 0.0197. The monoisotopic (exact) mass is 120 g/mol. The Morgan fingerprint density at radius 2 is 2.71 bits per heavy atom. The maximum Gasteiger partial charge on any atom is 0.107 e. The third kappa shape index (κ3) is 1.63. The Bertz CT molecular complexity index is 53.7. The second kappa shape index (κ2) is 2.50. The van der Waals surface area contributed by atoms with E-state index in [1.807, 2.05) is 0 Å². The van der Waals surface area contributed by atoms with Crippen LogP contribution in [0.25, 0.3) is 0 Å². The zero-order chi connectivity index (χ0) is 5.11. The normalized spacial score (nSPS) is 33.0. The third-order valence-electron chi connectivity index (χ3n) is 0.764. The fraction of sp³-hybridized carbons (Fsp3) is 0.750. The second-order valence-electron chi connectivity index (χ2n) is 1.38. The number of morpholine rings is 1. The smallest absolute Gasteiger partial charge is 0.107 e. The highest BCUT2D eigenvalue weighted by atomic mass is 35.5. The lowest BCUT2D eigenvalue weighted by molar-refractivity contribution is 0.118. The van der Waals surface area contributed by atoms with E-state index >= 15 is 0 Å². The van der Waals surface area contributed by atoms with Crippen molar-refractivity contribution in [1.29, 1.82) is 0 Å². The Labute approximate surface area is 47.8 Å². The molecule has 1 N–H and O–H groups in total. The molecule has 7 heavy (non-hydrogen) atoms. The van der Waals surface area contributed by atoms with Gasteiger partial charge < -0.3 is 4.74 Å². The van der Waals surface area contributed by atoms with Crippen LogP contribution >= 0.6 is 11.6 Å². The van der Waals surface area contributed by atoms with E-state index in [1.165, 1.54) is 0 Å². The van der Waals surface area contributed by atoms with Crippen molar-refractivity contribution in [2.45, 2.75) is 5.50 Å². The summed E-state index contributed by atoms with van der Waals surface area (Å²) in [7, 11) is 0. The van der Waals surface area contributed by atoms with Gasteiger partial charge in [-0.2, -0.15) is 0 Å². The first-order valence-corrected chi connectivity index (χ1v) is 2.63. The quantitative estimate of drug-likeness (QED) is 0.368. The molecule has 1 saturated heterocycles. The molecule has 0 spiro atoms. The van der Waals surface area contributed by atoms with E-state index in [1.54, 1.807) is 6.54 Å². The van der Waals surface area contributed by atoms with E-state index in [2.05, 4.69) is 5.32 Å². The van der Waals surface area contributed by atoms with Crippen molar-refractivity contribution >= 4 is 11.6 Å². The van der Waals surface area contributed by atoms with Crippen LogP contribution < -0.4 is 5.32 Å². The van der Waals surface area contributed by atoms with Crippen LogP contribution in [0.15, 0.2) is 0 Å². The minimum atomic E-state index is -0.0197. The van der Waals surface area contributed by atoms with Crippen LogP contribution in [0.1, 0.15) is 0 Å². The molecule has 1 unspecified atom stereocenters. The van der Waals surface area contributed by atoms with Gasteiger partial charge in [0.2, 0.25) is 0 Å². The van der Waals surface area contributed by atoms with E-state index in [0.29, 0.717) is 13.2 Å². The summed E-state index contributed by atoms with van der Waals surface area (Å²) in [6.07, 6.45) is 0. The molecule has 0 saturated carbocycles. The molecule has 0 aromatic carbocycles. The molecule has 41 valence electrons. The Kier molecular flexibility index (Phi) is 1.91. The van der Waals surface area contributed by atoms with Gasteiger partial charge in [0.15, 0.2) is 0 Å². The summed E-state index contributed by atoms with van der Waals surface area (Å²) in [5, 5.41) is 2.90. The first-order valence-electron chi connectivity index (χ1n) is 2.19. The average Bonchev–Trinajstić information content (AvgIpc) is 1.69. The summed E-state index contributed by atoms with van der Waals surface area (Å²) in [6, 6.07) is 0. The summed E-state index contributed by atoms with van der Waals surface area (Å²) < 4.78 is 4.93. The molecule has 1 fully saturated rings. The highest BCUT2D eigenvalue weighted by Gasteiger charge is 2.07. The molecule has 0 aromatic rings. The molecule has 0 aliphatic carbocycles. The van der Waals surface area contributed by atoms with Gasteiger partial charge in [0.05, 0.1) is 13.2 Å². The third-order valence-corrected chi connectivity index (χ3v) is 1.02. The van der Waals surface area contributed by atoms with Gasteiger partial charge in [0.25, 0.3) is 0 Å². The van der Waals surface area contributed by atoms with Crippen LogP contribution in [-0.4, -0.2) is 18.7 Å². The molecule has 1 aliphatic rings. The van der Waals surface area contributed by atoms with Crippen LogP contribution in [0.3, 0.4) is 0 Å². The van der Waals surface area contributed by atoms with E-state index in [-0.39, 0.29) is 5.50 Å². The Morgan fingerprint density at radius 3 is 3.00 bits per heavy atom. The van der Waals surface area contributed by atoms with Crippen molar-refractivity contribution < 1.29 is 4.74 Å². The predicted octanol–water partition coefficient (Wildman–Crippen LogP) is 0.333. The van der Waals surface area contributed by atoms with E-state index in [4.69, 9.17) is 16.3 Å². The molecule has 2 nitrogen and oxygen atoms in total. The number of ether oxygens (including phenoxy) is 1. The number of nitrogens with one attached hydrogen (secondary N) is 1. The maximum absolute atomic E-state index is 5.55. The molecular formula is C4H7ClNO. The fourth-order valence-corrected chi connectivity index (χ4v) is 0.633. The zero-order valence-electron chi connectivity index (χ0n) is 3.86. The lowest BCUT2D eigenvalue weighted by atomic mass is 10.5. The molecule has 0 aromatic heterocycles. The van der Waals surface area contributed by atoms with Gasteiger partial charge >= 0.3 is 0 Å². The summed E-state index contributed by atoms with van der Waals surface area (Å²) in [5.41, 5.74) is -0.0197. The topological polar surface area (TPSA) is 21.3 Å². The molecule has 0 amide bonds. The van der Waals surface area contributed by atoms with Crippen molar-refractivity contribution in [2.75, 3.05) is 13.2 Å². The lowest BCUT2D eigenvalue weighted by Gasteiger charge is -2.16. The molecule has 3 heteroatoms. The number of hydrogen-bond acceptors (Lipinski definition) is 2. The molecule has 0 bridgehead atoms. The molecular weight excluding hydrogens is 114 g/mol. The predicted molar refractivity (Wildman–Crippen MR) is 27.9 cm³/mol. The van der Waals surface area contributed by atoms with Crippen molar-refractivity contribution in [3.63, 3.8) is 0 Å². The second-order valence-corrected chi connectivity index (χ2v) is 1.90. The summed E-state index contributed by atoms with van der Waals surface area (Å²) in [5.74, 6) is 0. The molecule has 1 rings (SSSR count). The van der Waals surface area contributed by atoms with Gasteiger partial charge in [-0.05, 0) is 0 Å². The van der Waals surface area contributed by atoms with Crippen molar-refractivity contribution in [3.8, 4) is 0 Å². The lowest BCUT2D eigenvalue weighted by Crippen LogP contribution is -2.33. The SMILES string of the molecule is ClC1COC[CH]N1. The molecule has 1 radical (unpaired) electrons. The zero-order valence-corrected chi connectivity index (χ0v) is 4.61. The molecule has 1 heterocycles. The average molecular weight is 121 g/mol. The van der Waals surface area contributed by atoms with Crippen molar-refractivity contribution in [1.82, 2.24) is 5.32 Å². The van der Waals surface area contributed by atoms with Gasteiger partial charge in [0, 0.05) is 6.54 Å². The van der Waals surface area contributed by atoms with Crippen LogP contribution in [0.2, 0.25) is 0 Å². The van der Waals surface area contributed by atoms with Gasteiger partial charge in [-0.25, -0.2) is 0 Å². The summed E-state index contributed by atoms with van der Waals surface area (Å²) in [6.45, 7) is 3.09. The first kappa shape index (κ1) is 5.35. The minimum Gasteiger partial charge on any atom is -0.377 e.